The van der Waals surface area contributed by atoms with Gasteiger partial charge in [0.2, 0.25) is 11.6 Å². The number of ether oxygens (including phenoxy) is 1. The molecule has 0 unspecified atom stereocenters. The van der Waals surface area contributed by atoms with Gasteiger partial charge in [-0.05, 0) is 20.8 Å². The van der Waals surface area contributed by atoms with Crippen molar-refractivity contribution in [3.8, 4) is 0 Å². The summed E-state index contributed by atoms with van der Waals surface area (Å²) < 4.78 is 8.28. The van der Waals surface area contributed by atoms with E-state index in [4.69, 9.17) is 4.74 Å². The number of ketones is 2. The molecular formula is C11H13N3O5S. The van der Waals surface area contributed by atoms with Crippen molar-refractivity contribution in [1.29, 1.82) is 0 Å². The first kappa shape index (κ1) is 15.9. The minimum Gasteiger partial charge on any atom is -0.461 e. The molecule has 0 saturated carbocycles. The van der Waals surface area contributed by atoms with Gasteiger partial charge in [0.1, 0.15) is 11.6 Å². The average Bonchev–Trinajstić information content (AvgIpc) is 2.76. The Morgan fingerprint density at radius 3 is 2.35 bits per heavy atom. The van der Waals surface area contributed by atoms with Crippen LogP contribution in [0.3, 0.4) is 0 Å². The molecule has 0 bridgehead atoms. The highest BCUT2D eigenvalue weighted by Crippen LogP contribution is 2.19. The van der Waals surface area contributed by atoms with Crippen molar-refractivity contribution in [3.05, 3.63) is 5.69 Å². The van der Waals surface area contributed by atoms with Crippen molar-refractivity contribution in [1.82, 2.24) is 9.59 Å². The molecule has 1 rings (SSSR count). The Labute approximate surface area is 118 Å². The molecule has 0 atom stereocenters. The topological polar surface area (TPSA) is 115 Å². The third kappa shape index (κ3) is 3.67. The van der Waals surface area contributed by atoms with Gasteiger partial charge < -0.3 is 10.1 Å². The average molecular weight is 299 g/mol. The summed E-state index contributed by atoms with van der Waals surface area (Å²) in [4.78, 5) is 46.0. The van der Waals surface area contributed by atoms with Gasteiger partial charge in [0, 0.05) is 11.5 Å². The number of nitrogens with one attached hydrogen (secondary N) is 1. The molecule has 108 valence electrons. The van der Waals surface area contributed by atoms with E-state index in [-0.39, 0.29) is 17.3 Å². The van der Waals surface area contributed by atoms with Gasteiger partial charge in [-0.15, -0.1) is 5.10 Å². The Morgan fingerprint density at radius 1 is 1.25 bits per heavy atom. The van der Waals surface area contributed by atoms with Crippen LogP contribution in [0.25, 0.3) is 0 Å². The molecule has 20 heavy (non-hydrogen) atoms. The fourth-order valence-corrected chi connectivity index (χ4v) is 2.01. The summed E-state index contributed by atoms with van der Waals surface area (Å²) in [6.07, 6.45) is 0. The van der Waals surface area contributed by atoms with Crippen LogP contribution in [0.1, 0.15) is 31.3 Å². The Bertz CT molecular complexity index is 540. The summed E-state index contributed by atoms with van der Waals surface area (Å²) in [5, 5.41) is 5.89. The van der Waals surface area contributed by atoms with E-state index in [0.29, 0.717) is 0 Å². The summed E-state index contributed by atoms with van der Waals surface area (Å²) in [5.41, 5.74) is -0.156. The fraction of sp³-hybridized carbons (Fsp3) is 0.455. The van der Waals surface area contributed by atoms with Crippen LogP contribution in [-0.2, 0) is 19.1 Å². The van der Waals surface area contributed by atoms with Crippen LogP contribution in [0.4, 0.5) is 5.00 Å². The van der Waals surface area contributed by atoms with Crippen LogP contribution in [0.5, 0.6) is 0 Å². The maximum Gasteiger partial charge on any atom is 0.362 e. The highest BCUT2D eigenvalue weighted by Gasteiger charge is 2.30. The summed E-state index contributed by atoms with van der Waals surface area (Å²) in [7, 11) is 0. The van der Waals surface area contributed by atoms with Gasteiger partial charge in [0.15, 0.2) is 10.9 Å². The van der Waals surface area contributed by atoms with Crippen LogP contribution < -0.4 is 5.32 Å². The minimum absolute atomic E-state index is 0.0425. The van der Waals surface area contributed by atoms with E-state index in [1.54, 1.807) is 6.92 Å². The number of hydrogen-bond acceptors (Lipinski definition) is 8. The third-order valence-electron chi connectivity index (χ3n) is 2.27. The van der Waals surface area contributed by atoms with Crippen LogP contribution in [-0.4, -0.2) is 39.6 Å². The molecule has 0 aliphatic carbocycles. The number of amides is 1. The van der Waals surface area contributed by atoms with E-state index in [1.807, 2.05) is 0 Å². The van der Waals surface area contributed by atoms with E-state index in [2.05, 4.69) is 14.9 Å². The number of hydrogen-bond donors (Lipinski definition) is 1. The summed E-state index contributed by atoms with van der Waals surface area (Å²) >= 11 is 0.756. The van der Waals surface area contributed by atoms with E-state index >= 15 is 0 Å². The number of nitrogens with zero attached hydrogens (tertiary/aromatic N) is 2. The van der Waals surface area contributed by atoms with Crippen LogP contribution in [0.2, 0.25) is 0 Å². The summed E-state index contributed by atoms with van der Waals surface area (Å²) in [6, 6.07) is 0. The maximum atomic E-state index is 11.9. The summed E-state index contributed by atoms with van der Waals surface area (Å²) in [6.45, 7) is 4.05. The van der Waals surface area contributed by atoms with Gasteiger partial charge in [-0.1, -0.05) is 4.49 Å². The Kier molecular flexibility index (Phi) is 5.44. The standard InChI is InChI=1S/C11H13N3O5S/c1-4-19-11(18)8-10(20-14-13-8)12-9(17)7(5(2)15)6(3)16/h7H,4H2,1-3H3,(H,12,17). The number of esters is 1. The molecule has 0 aliphatic rings. The molecule has 0 spiro atoms. The highest BCUT2D eigenvalue weighted by molar-refractivity contribution is 7.10. The van der Waals surface area contributed by atoms with E-state index in [0.717, 1.165) is 25.4 Å². The lowest BCUT2D eigenvalue weighted by Crippen LogP contribution is -2.33. The largest absolute Gasteiger partial charge is 0.461 e. The lowest BCUT2D eigenvalue weighted by atomic mass is 10.0. The van der Waals surface area contributed by atoms with Crippen molar-refractivity contribution >= 4 is 40.0 Å². The second-order valence-electron chi connectivity index (χ2n) is 3.81. The van der Waals surface area contributed by atoms with E-state index < -0.39 is 29.4 Å². The molecule has 8 nitrogen and oxygen atoms in total. The SMILES string of the molecule is CCOC(=O)c1nnsc1NC(=O)C(C(C)=O)C(C)=O. The number of rotatable bonds is 6. The minimum atomic E-state index is -1.41. The van der Waals surface area contributed by atoms with Gasteiger partial charge in [0.25, 0.3) is 0 Å². The van der Waals surface area contributed by atoms with Gasteiger partial charge in [-0.2, -0.15) is 0 Å². The molecule has 0 saturated heterocycles. The fourth-order valence-electron chi connectivity index (χ4n) is 1.45. The monoisotopic (exact) mass is 299 g/mol. The molecule has 0 aliphatic heterocycles. The molecule has 1 heterocycles. The first-order valence-electron chi connectivity index (χ1n) is 5.69. The summed E-state index contributed by atoms with van der Waals surface area (Å²) in [5.74, 6) is -4.12. The Balaban J connectivity index is 2.91. The van der Waals surface area contributed by atoms with Crippen LogP contribution in [0.15, 0.2) is 0 Å². The number of anilines is 1. The molecule has 0 aromatic carbocycles. The van der Waals surface area contributed by atoms with Crippen molar-refractivity contribution in [3.63, 3.8) is 0 Å². The molecular weight excluding hydrogens is 286 g/mol. The second kappa shape index (κ2) is 6.85. The number of aromatic nitrogens is 2. The molecule has 1 N–H and O–H groups in total. The number of Topliss-reactive ketones (excluding diaryl/α,β-unsaturated/α-hetero) is 2. The van der Waals surface area contributed by atoms with Crippen molar-refractivity contribution in [2.45, 2.75) is 20.8 Å². The molecule has 1 aromatic rings. The van der Waals surface area contributed by atoms with Gasteiger partial charge in [-0.3, -0.25) is 14.4 Å². The number of carbonyl (C=O) groups excluding carboxylic acids is 4. The molecule has 0 radical (unpaired) electrons. The van der Waals surface area contributed by atoms with Crippen molar-refractivity contribution < 1.29 is 23.9 Å². The second-order valence-corrected chi connectivity index (χ2v) is 4.57. The Morgan fingerprint density at radius 2 is 1.85 bits per heavy atom. The predicted molar refractivity (Wildman–Crippen MR) is 69.3 cm³/mol. The van der Waals surface area contributed by atoms with Gasteiger partial charge >= 0.3 is 5.97 Å². The smallest absolute Gasteiger partial charge is 0.362 e. The number of carbonyl (C=O) groups is 4. The zero-order valence-electron chi connectivity index (χ0n) is 11.1. The molecule has 0 fully saturated rings. The highest BCUT2D eigenvalue weighted by atomic mass is 32.1. The van der Waals surface area contributed by atoms with Crippen LogP contribution >= 0.6 is 11.5 Å². The van der Waals surface area contributed by atoms with E-state index in [1.165, 1.54) is 0 Å². The van der Waals surface area contributed by atoms with Gasteiger partial charge in [0.05, 0.1) is 6.61 Å². The van der Waals surface area contributed by atoms with Crippen LogP contribution in [0, 0.1) is 5.92 Å². The van der Waals surface area contributed by atoms with Crippen molar-refractivity contribution in [2.24, 2.45) is 5.92 Å². The zero-order chi connectivity index (χ0) is 15.3. The molecule has 9 heteroatoms. The molecule has 1 amide bonds. The quantitative estimate of drug-likeness (QED) is 0.598. The maximum absolute atomic E-state index is 11.9. The predicted octanol–water partition coefficient (Wildman–Crippen LogP) is 0.447. The first-order valence-corrected chi connectivity index (χ1v) is 6.47. The normalized spacial score (nSPS) is 10.2. The third-order valence-corrected chi connectivity index (χ3v) is 2.91. The lowest BCUT2D eigenvalue weighted by Gasteiger charge is -2.09. The Hall–Kier alpha value is -2.16. The van der Waals surface area contributed by atoms with E-state index in [9.17, 15) is 19.2 Å². The van der Waals surface area contributed by atoms with Crippen molar-refractivity contribution in [2.75, 3.05) is 11.9 Å². The first-order chi connectivity index (χ1) is 9.38. The molecule has 1 aromatic heterocycles. The zero-order valence-corrected chi connectivity index (χ0v) is 11.9. The van der Waals surface area contributed by atoms with Gasteiger partial charge in [-0.25, -0.2) is 4.79 Å². The lowest BCUT2D eigenvalue weighted by molar-refractivity contribution is -0.136.